The van der Waals surface area contributed by atoms with Crippen molar-refractivity contribution in [2.24, 2.45) is 0 Å². The van der Waals surface area contributed by atoms with Gasteiger partial charge in [0, 0.05) is 51.1 Å². The molecule has 1 N–H and O–H groups in total. The van der Waals surface area contributed by atoms with Crippen LogP contribution in [0.4, 0.5) is 4.39 Å². The van der Waals surface area contributed by atoms with Crippen molar-refractivity contribution in [2.75, 3.05) is 33.2 Å². The van der Waals surface area contributed by atoms with E-state index in [2.05, 4.69) is 10.2 Å². The summed E-state index contributed by atoms with van der Waals surface area (Å²) in [6.45, 7) is 2.57. The molecule has 7 nitrogen and oxygen atoms in total. The highest BCUT2D eigenvalue weighted by Gasteiger charge is 2.27. The van der Waals surface area contributed by atoms with E-state index in [-0.39, 0.29) is 36.0 Å². The van der Waals surface area contributed by atoms with Gasteiger partial charge in [-0.3, -0.25) is 9.59 Å². The standard InChI is InChI=1S/C22H26FN3O4S/c1-25-12-14-26(15-13-25)31(29,30)20-8-2-17(3-9-20)16-24-22(28)11-10-21(27)18-4-6-19(23)7-5-18/h2-9H,10-16H2,1H3,(H,24,28). The van der Waals surface area contributed by atoms with Gasteiger partial charge in [0.25, 0.3) is 0 Å². The number of amides is 1. The van der Waals surface area contributed by atoms with E-state index in [1.54, 1.807) is 24.3 Å². The van der Waals surface area contributed by atoms with Gasteiger partial charge in [-0.1, -0.05) is 12.1 Å². The lowest BCUT2D eigenvalue weighted by Gasteiger charge is -2.31. The Bertz CT molecular complexity index is 1020. The van der Waals surface area contributed by atoms with Crippen molar-refractivity contribution in [1.82, 2.24) is 14.5 Å². The van der Waals surface area contributed by atoms with Crippen LogP contribution < -0.4 is 5.32 Å². The Morgan fingerprint density at radius 3 is 2.16 bits per heavy atom. The Labute approximate surface area is 181 Å². The van der Waals surface area contributed by atoms with Gasteiger partial charge in [-0.15, -0.1) is 0 Å². The maximum atomic E-state index is 12.9. The van der Waals surface area contributed by atoms with Crippen LogP contribution in [-0.4, -0.2) is 62.5 Å². The molecule has 0 saturated carbocycles. The molecule has 0 atom stereocenters. The van der Waals surface area contributed by atoms with Crippen molar-refractivity contribution in [1.29, 1.82) is 0 Å². The molecular formula is C22H26FN3O4S. The molecule has 0 unspecified atom stereocenters. The molecule has 0 spiro atoms. The number of hydrogen-bond acceptors (Lipinski definition) is 5. The number of benzene rings is 2. The number of nitrogens with zero attached hydrogens (tertiary/aromatic N) is 2. The molecule has 1 saturated heterocycles. The summed E-state index contributed by atoms with van der Waals surface area (Å²) in [6, 6.07) is 11.7. The third kappa shape index (κ3) is 6.19. The number of nitrogens with one attached hydrogen (secondary N) is 1. The van der Waals surface area contributed by atoms with Crippen LogP contribution in [0.5, 0.6) is 0 Å². The van der Waals surface area contributed by atoms with Gasteiger partial charge in [0.15, 0.2) is 5.78 Å². The number of carbonyl (C=O) groups is 2. The largest absolute Gasteiger partial charge is 0.352 e. The highest BCUT2D eigenvalue weighted by atomic mass is 32.2. The van der Waals surface area contributed by atoms with E-state index in [0.29, 0.717) is 31.7 Å². The molecule has 0 bridgehead atoms. The van der Waals surface area contributed by atoms with Crippen LogP contribution in [0.15, 0.2) is 53.4 Å². The lowest BCUT2D eigenvalue weighted by Crippen LogP contribution is -2.47. The van der Waals surface area contributed by atoms with Gasteiger partial charge in [-0.2, -0.15) is 4.31 Å². The van der Waals surface area contributed by atoms with E-state index in [4.69, 9.17) is 0 Å². The summed E-state index contributed by atoms with van der Waals surface area (Å²) in [7, 11) is -1.56. The summed E-state index contributed by atoms with van der Waals surface area (Å²) < 4.78 is 39.9. The van der Waals surface area contributed by atoms with Gasteiger partial charge in [0.1, 0.15) is 5.82 Å². The second-order valence-corrected chi connectivity index (χ2v) is 9.50. The second kappa shape index (κ2) is 10.1. The summed E-state index contributed by atoms with van der Waals surface area (Å²) in [6.07, 6.45) is 0.0474. The zero-order valence-electron chi connectivity index (χ0n) is 17.4. The number of sulfonamides is 1. The molecule has 0 aliphatic carbocycles. The number of halogens is 1. The average Bonchev–Trinajstić information content (AvgIpc) is 2.77. The van der Waals surface area contributed by atoms with Crippen molar-refractivity contribution >= 4 is 21.7 Å². The lowest BCUT2D eigenvalue weighted by atomic mass is 10.1. The molecule has 31 heavy (non-hydrogen) atoms. The van der Waals surface area contributed by atoms with E-state index >= 15 is 0 Å². The molecule has 166 valence electrons. The van der Waals surface area contributed by atoms with Crippen LogP contribution in [-0.2, 0) is 21.4 Å². The fourth-order valence-corrected chi connectivity index (χ4v) is 4.68. The molecular weight excluding hydrogens is 421 g/mol. The van der Waals surface area contributed by atoms with E-state index < -0.39 is 15.8 Å². The Morgan fingerprint density at radius 1 is 0.935 bits per heavy atom. The average molecular weight is 448 g/mol. The molecule has 1 fully saturated rings. The molecule has 3 rings (SSSR count). The predicted octanol–water partition coefficient (Wildman–Crippen LogP) is 2.04. The van der Waals surface area contributed by atoms with E-state index in [1.807, 2.05) is 7.05 Å². The minimum absolute atomic E-state index is 0.0199. The maximum absolute atomic E-state index is 12.9. The summed E-state index contributed by atoms with van der Waals surface area (Å²) in [5.41, 5.74) is 1.13. The Kier molecular flexibility index (Phi) is 7.53. The number of hydrogen-bond donors (Lipinski definition) is 1. The van der Waals surface area contributed by atoms with Crippen molar-refractivity contribution < 1.29 is 22.4 Å². The minimum atomic E-state index is -3.52. The quantitative estimate of drug-likeness (QED) is 0.626. The Morgan fingerprint density at radius 2 is 1.55 bits per heavy atom. The molecule has 1 aliphatic heterocycles. The maximum Gasteiger partial charge on any atom is 0.243 e. The smallest absolute Gasteiger partial charge is 0.243 e. The van der Waals surface area contributed by atoms with Crippen LogP contribution in [0.3, 0.4) is 0 Å². The predicted molar refractivity (Wildman–Crippen MR) is 115 cm³/mol. The molecule has 1 amide bonds. The minimum Gasteiger partial charge on any atom is -0.352 e. The normalized spacial score (nSPS) is 15.5. The fraction of sp³-hybridized carbons (Fsp3) is 0.364. The summed E-state index contributed by atoms with van der Waals surface area (Å²) in [4.78, 5) is 26.4. The van der Waals surface area contributed by atoms with Gasteiger partial charge in [0.2, 0.25) is 15.9 Å². The van der Waals surface area contributed by atoms with Crippen LogP contribution in [0, 0.1) is 5.82 Å². The van der Waals surface area contributed by atoms with Crippen molar-refractivity contribution in [3.8, 4) is 0 Å². The van der Waals surface area contributed by atoms with Gasteiger partial charge < -0.3 is 10.2 Å². The summed E-state index contributed by atoms with van der Waals surface area (Å²) >= 11 is 0. The topological polar surface area (TPSA) is 86.8 Å². The zero-order valence-corrected chi connectivity index (χ0v) is 18.2. The first-order valence-corrected chi connectivity index (χ1v) is 11.5. The first kappa shape index (κ1) is 23.1. The number of rotatable bonds is 8. The first-order chi connectivity index (χ1) is 14.8. The fourth-order valence-electron chi connectivity index (χ4n) is 3.25. The molecule has 1 heterocycles. The van der Waals surface area contributed by atoms with Crippen LogP contribution >= 0.6 is 0 Å². The van der Waals surface area contributed by atoms with Gasteiger partial charge in [0.05, 0.1) is 4.90 Å². The third-order valence-electron chi connectivity index (χ3n) is 5.26. The van der Waals surface area contributed by atoms with Gasteiger partial charge in [-0.05, 0) is 49.0 Å². The van der Waals surface area contributed by atoms with Crippen molar-refractivity contribution in [3.63, 3.8) is 0 Å². The third-order valence-corrected chi connectivity index (χ3v) is 7.17. The number of piperazine rings is 1. The number of Topliss-reactive ketones (excluding diaryl/α,β-unsaturated/α-hetero) is 1. The van der Waals surface area contributed by atoms with Crippen molar-refractivity contribution in [3.05, 3.63) is 65.5 Å². The molecule has 2 aromatic carbocycles. The van der Waals surface area contributed by atoms with Crippen LogP contribution in [0.25, 0.3) is 0 Å². The first-order valence-electron chi connectivity index (χ1n) is 10.1. The summed E-state index contributed by atoms with van der Waals surface area (Å²) in [5.74, 6) is -0.935. The van der Waals surface area contributed by atoms with E-state index in [9.17, 15) is 22.4 Å². The van der Waals surface area contributed by atoms with Gasteiger partial charge >= 0.3 is 0 Å². The van der Waals surface area contributed by atoms with Crippen molar-refractivity contribution in [2.45, 2.75) is 24.3 Å². The number of ketones is 1. The van der Waals surface area contributed by atoms with Crippen LogP contribution in [0.1, 0.15) is 28.8 Å². The lowest BCUT2D eigenvalue weighted by molar-refractivity contribution is -0.121. The highest BCUT2D eigenvalue weighted by molar-refractivity contribution is 7.89. The second-order valence-electron chi connectivity index (χ2n) is 7.56. The van der Waals surface area contributed by atoms with E-state index in [0.717, 1.165) is 5.56 Å². The molecule has 2 aromatic rings. The number of likely N-dealkylation sites (N-methyl/N-ethyl adjacent to an activating group) is 1. The molecule has 0 aromatic heterocycles. The monoisotopic (exact) mass is 447 g/mol. The SMILES string of the molecule is CN1CCN(S(=O)(=O)c2ccc(CNC(=O)CCC(=O)c3ccc(F)cc3)cc2)CC1. The van der Waals surface area contributed by atoms with E-state index in [1.165, 1.54) is 28.6 Å². The Balaban J connectivity index is 1.48. The Hall–Kier alpha value is -2.62. The summed E-state index contributed by atoms with van der Waals surface area (Å²) in [5, 5.41) is 2.72. The van der Waals surface area contributed by atoms with Gasteiger partial charge in [-0.25, -0.2) is 12.8 Å². The molecule has 0 radical (unpaired) electrons. The molecule has 9 heteroatoms. The van der Waals surface area contributed by atoms with Crippen LogP contribution in [0.2, 0.25) is 0 Å². The number of carbonyl (C=O) groups excluding carboxylic acids is 2. The highest BCUT2D eigenvalue weighted by Crippen LogP contribution is 2.18. The molecule has 1 aliphatic rings. The zero-order chi connectivity index (χ0) is 22.4.